The smallest absolute Gasteiger partial charge is 0.486 e. The maximum Gasteiger partial charge on any atom is 0.573 e. The fourth-order valence-corrected chi connectivity index (χ4v) is 4.40. The number of hydrogen-bond donors (Lipinski definition) is 1. The number of benzene rings is 1. The summed E-state index contributed by atoms with van der Waals surface area (Å²) in [5.74, 6) is -0.0634. The third kappa shape index (κ3) is 5.70. The van der Waals surface area contributed by atoms with Crippen LogP contribution in [0.1, 0.15) is 12.8 Å². The monoisotopic (exact) mass is 520 g/mol. The van der Waals surface area contributed by atoms with Crippen molar-refractivity contribution in [3.05, 3.63) is 48.5 Å². The summed E-state index contributed by atoms with van der Waals surface area (Å²) in [6.45, 7) is 1.96. The minimum atomic E-state index is -4.98. The van der Waals surface area contributed by atoms with Gasteiger partial charge in [-0.3, -0.25) is 0 Å². The molecule has 13 heteroatoms. The Labute approximate surface area is 210 Å². The lowest BCUT2D eigenvalue weighted by molar-refractivity contribution is -0.274. The SMILES string of the molecule is COc1cc(N2CCC(Nc3ncc4c(n3)N(c3ccc(F)cc3OC(F)(F)F)CCO4)CC2)ccn1. The van der Waals surface area contributed by atoms with Gasteiger partial charge in [-0.2, -0.15) is 4.98 Å². The van der Waals surface area contributed by atoms with Crippen LogP contribution in [0.5, 0.6) is 17.4 Å². The lowest BCUT2D eigenvalue weighted by Gasteiger charge is -2.34. The number of anilines is 4. The van der Waals surface area contributed by atoms with Gasteiger partial charge >= 0.3 is 6.36 Å². The Morgan fingerprint density at radius 1 is 1.08 bits per heavy atom. The number of ether oxygens (including phenoxy) is 3. The van der Waals surface area contributed by atoms with Crippen LogP contribution in [0.2, 0.25) is 0 Å². The molecule has 1 aromatic carbocycles. The van der Waals surface area contributed by atoms with Gasteiger partial charge in [0.1, 0.15) is 12.4 Å². The van der Waals surface area contributed by atoms with Gasteiger partial charge in [0, 0.05) is 43.1 Å². The van der Waals surface area contributed by atoms with Crippen LogP contribution in [0.3, 0.4) is 0 Å². The summed E-state index contributed by atoms with van der Waals surface area (Å²) in [5.41, 5.74) is 1.05. The second-order valence-electron chi connectivity index (χ2n) is 8.50. The zero-order chi connectivity index (χ0) is 26.0. The molecule has 37 heavy (non-hydrogen) atoms. The van der Waals surface area contributed by atoms with Crippen LogP contribution in [0.25, 0.3) is 0 Å². The summed E-state index contributed by atoms with van der Waals surface area (Å²) < 4.78 is 67.6. The molecule has 0 aliphatic carbocycles. The zero-order valence-electron chi connectivity index (χ0n) is 19.8. The Hall–Kier alpha value is -4.03. The third-order valence-electron chi connectivity index (χ3n) is 6.12. The largest absolute Gasteiger partial charge is 0.573 e. The van der Waals surface area contributed by atoms with E-state index in [0.29, 0.717) is 23.6 Å². The molecule has 1 N–H and O–H groups in total. The molecule has 0 saturated carbocycles. The summed E-state index contributed by atoms with van der Waals surface area (Å²) in [4.78, 5) is 16.7. The Bertz CT molecular complexity index is 1250. The van der Waals surface area contributed by atoms with Crippen molar-refractivity contribution in [2.75, 3.05) is 48.5 Å². The van der Waals surface area contributed by atoms with Gasteiger partial charge in [0.05, 0.1) is 25.5 Å². The van der Waals surface area contributed by atoms with Crippen LogP contribution >= 0.6 is 0 Å². The maximum absolute atomic E-state index is 13.7. The average Bonchev–Trinajstić information content (AvgIpc) is 2.88. The van der Waals surface area contributed by atoms with E-state index in [1.807, 2.05) is 12.1 Å². The molecule has 0 atom stereocenters. The van der Waals surface area contributed by atoms with Crippen molar-refractivity contribution in [2.24, 2.45) is 0 Å². The van der Waals surface area contributed by atoms with E-state index in [-0.39, 0.29) is 30.7 Å². The van der Waals surface area contributed by atoms with Crippen LogP contribution in [0.4, 0.5) is 40.7 Å². The first kappa shape index (κ1) is 24.7. The van der Waals surface area contributed by atoms with Gasteiger partial charge in [0.2, 0.25) is 11.8 Å². The molecule has 0 spiro atoms. The highest BCUT2D eigenvalue weighted by molar-refractivity contribution is 5.72. The molecule has 9 nitrogen and oxygen atoms in total. The first-order valence-electron chi connectivity index (χ1n) is 11.6. The Morgan fingerprint density at radius 2 is 1.89 bits per heavy atom. The molecule has 2 aliphatic rings. The second-order valence-corrected chi connectivity index (χ2v) is 8.50. The summed E-state index contributed by atoms with van der Waals surface area (Å²) in [7, 11) is 1.58. The van der Waals surface area contributed by atoms with Gasteiger partial charge in [-0.1, -0.05) is 0 Å². The molecule has 0 amide bonds. The quantitative estimate of drug-likeness (QED) is 0.472. The van der Waals surface area contributed by atoms with E-state index in [1.165, 1.54) is 17.2 Å². The normalized spacial score (nSPS) is 16.1. The highest BCUT2D eigenvalue weighted by atomic mass is 19.4. The number of methoxy groups -OCH3 is 1. The summed E-state index contributed by atoms with van der Waals surface area (Å²) in [6, 6.07) is 6.91. The average molecular weight is 520 g/mol. The third-order valence-corrected chi connectivity index (χ3v) is 6.12. The van der Waals surface area contributed by atoms with Gasteiger partial charge in [-0.05, 0) is 31.0 Å². The van der Waals surface area contributed by atoms with Crippen LogP contribution < -0.4 is 29.3 Å². The standard InChI is InChI=1S/C24H24F4N6O3/c1-35-21-13-17(4-7-29-21)33-8-5-16(6-9-33)31-23-30-14-20-22(32-23)34(10-11-36-20)18-3-2-15(25)12-19(18)37-24(26,27)28/h2-4,7,12-14,16H,5-6,8-11H2,1H3,(H,30,31,32). The molecule has 2 aromatic heterocycles. The maximum atomic E-state index is 13.7. The Balaban J connectivity index is 1.32. The first-order valence-corrected chi connectivity index (χ1v) is 11.6. The molecule has 0 bridgehead atoms. The first-order chi connectivity index (χ1) is 17.8. The highest BCUT2D eigenvalue weighted by Crippen LogP contribution is 2.41. The lowest BCUT2D eigenvalue weighted by Crippen LogP contribution is -2.39. The van der Waals surface area contributed by atoms with Crippen molar-refractivity contribution in [3.8, 4) is 17.4 Å². The fourth-order valence-electron chi connectivity index (χ4n) is 4.40. The molecular formula is C24H24F4N6O3. The van der Waals surface area contributed by atoms with Crippen molar-refractivity contribution in [1.29, 1.82) is 0 Å². The second kappa shape index (κ2) is 10.1. The van der Waals surface area contributed by atoms with Crippen LogP contribution in [0.15, 0.2) is 42.7 Å². The van der Waals surface area contributed by atoms with E-state index >= 15 is 0 Å². The summed E-state index contributed by atoms with van der Waals surface area (Å²) >= 11 is 0. The lowest BCUT2D eigenvalue weighted by atomic mass is 10.0. The zero-order valence-corrected chi connectivity index (χ0v) is 19.8. The number of nitrogens with one attached hydrogen (secondary N) is 1. The van der Waals surface area contributed by atoms with E-state index in [2.05, 4.69) is 29.9 Å². The molecule has 2 aliphatic heterocycles. The number of nitrogens with zero attached hydrogens (tertiary/aromatic N) is 5. The topological polar surface area (TPSA) is 84.9 Å². The van der Waals surface area contributed by atoms with Crippen LogP contribution in [-0.4, -0.2) is 60.7 Å². The number of fused-ring (bicyclic) bond motifs is 1. The number of aromatic nitrogens is 3. The van der Waals surface area contributed by atoms with Gasteiger partial charge in [-0.15, -0.1) is 13.2 Å². The van der Waals surface area contributed by atoms with Gasteiger partial charge in [-0.25, -0.2) is 14.4 Å². The van der Waals surface area contributed by atoms with Gasteiger partial charge in [0.15, 0.2) is 17.3 Å². The molecule has 1 fully saturated rings. The number of rotatable bonds is 6. The van der Waals surface area contributed by atoms with Gasteiger partial charge < -0.3 is 29.3 Å². The van der Waals surface area contributed by atoms with Crippen molar-refractivity contribution >= 4 is 23.1 Å². The molecule has 5 rings (SSSR count). The minimum absolute atomic E-state index is 0.0222. The summed E-state index contributed by atoms with van der Waals surface area (Å²) in [6.07, 6.45) is -0.172. The van der Waals surface area contributed by atoms with Crippen molar-refractivity contribution in [1.82, 2.24) is 15.0 Å². The summed E-state index contributed by atoms with van der Waals surface area (Å²) in [5, 5.41) is 3.32. The number of hydrogen-bond acceptors (Lipinski definition) is 9. The fraction of sp³-hybridized carbons (Fsp3) is 0.375. The van der Waals surface area contributed by atoms with Crippen molar-refractivity contribution < 1.29 is 31.8 Å². The molecule has 3 aromatic rings. The number of alkyl halides is 3. The minimum Gasteiger partial charge on any atom is -0.486 e. The van der Waals surface area contributed by atoms with Gasteiger partial charge in [0.25, 0.3) is 0 Å². The van der Waals surface area contributed by atoms with Crippen molar-refractivity contribution in [3.63, 3.8) is 0 Å². The molecule has 1 saturated heterocycles. The number of pyridine rings is 1. The molecule has 196 valence electrons. The molecular weight excluding hydrogens is 496 g/mol. The predicted octanol–water partition coefficient (Wildman–Crippen LogP) is 4.53. The van der Waals surface area contributed by atoms with Crippen molar-refractivity contribution in [2.45, 2.75) is 25.2 Å². The highest BCUT2D eigenvalue weighted by Gasteiger charge is 2.34. The number of halogens is 4. The Morgan fingerprint density at radius 3 is 2.65 bits per heavy atom. The Kier molecular flexibility index (Phi) is 6.76. The van der Waals surface area contributed by atoms with E-state index in [9.17, 15) is 17.6 Å². The molecule has 0 unspecified atom stereocenters. The van der Waals surface area contributed by atoms with E-state index in [4.69, 9.17) is 9.47 Å². The van der Waals surface area contributed by atoms with E-state index in [1.54, 1.807) is 13.3 Å². The number of piperidine rings is 1. The molecule has 4 heterocycles. The van der Waals surface area contributed by atoms with Crippen LogP contribution in [0, 0.1) is 5.82 Å². The predicted molar refractivity (Wildman–Crippen MR) is 127 cm³/mol. The van der Waals surface area contributed by atoms with Crippen LogP contribution in [-0.2, 0) is 0 Å². The van der Waals surface area contributed by atoms with E-state index in [0.717, 1.165) is 37.7 Å². The van der Waals surface area contributed by atoms with E-state index < -0.39 is 17.9 Å². The molecule has 0 radical (unpaired) electrons.